The SMILES string of the molecule is CC(C)C(NC(=O)c1ccc(Br)cc1)C(=O)N1CCCC1C(=O)NC(CCCN=C(N)N)C(=O)CF. The fourth-order valence-corrected chi connectivity index (χ4v) is 4.26. The molecule has 6 N–H and O–H groups in total. The number of likely N-dealkylation sites (tertiary alicyclic amines) is 1. The summed E-state index contributed by atoms with van der Waals surface area (Å²) in [7, 11) is 0. The van der Waals surface area contributed by atoms with Gasteiger partial charge >= 0.3 is 0 Å². The minimum absolute atomic E-state index is 0.0977. The van der Waals surface area contributed by atoms with Gasteiger partial charge in [0.25, 0.3) is 5.91 Å². The summed E-state index contributed by atoms with van der Waals surface area (Å²) in [5.74, 6) is -2.41. The average molecular weight is 569 g/mol. The highest BCUT2D eigenvalue weighted by atomic mass is 79.9. The Kier molecular flexibility index (Phi) is 11.3. The molecule has 1 heterocycles. The minimum Gasteiger partial charge on any atom is -0.370 e. The van der Waals surface area contributed by atoms with Gasteiger partial charge in [-0.2, -0.15) is 0 Å². The molecule has 1 aliphatic heterocycles. The maximum absolute atomic E-state index is 13.4. The number of carbonyl (C=O) groups excluding carboxylic acids is 4. The molecule has 1 fully saturated rings. The number of halogens is 2. The van der Waals surface area contributed by atoms with E-state index in [0.29, 0.717) is 31.4 Å². The molecule has 36 heavy (non-hydrogen) atoms. The van der Waals surface area contributed by atoms with Crippen molar-refractivity contribution in [3.8, 4) is 0 Å². The van der Waals surface area contributed by atoms with Crippen molar-refractivity contribution in [2.24, 2.45) is 22.4 Å². The van der Waals surface area contributed by atoms with Gasteiger partial charge in [0.2, 0.25) is 11.8 Å². The molecule has 3 unspecified atom stereocenters. The second kappa shape index (κ2) is 13.9. The van der Waals surface area contributed by atoms with Gasteiger partial charge in [0.05, 0.1) is 6.04 Å². The molecule has 12 heteroatoms. The summed E-state index contributed by atoms with van der Waals surface area (Å²) in [6.07, 6.45) is 1.50. The summed E-state index contributed by atoms with van der Waals surface area (Å²) in [4.78, 5) is 56.6. The molecule has 0 spiro atoms. The van der Waals surface area contributed by atoms with Crippen LogP contribution in [-0.2, 0) is 14.4 Å². The monoisotopic (exact) mass is 568 g/mol. The van der Waals surface area contributed by atoms with Crippen molar-refractivity contribution in [1.82, 2.24) is 15.5 Å². The van der Waals surface area contributed by atoms with Crippen LogP contribution in [0, 0.1) is 5.92 Å². The lowest BCUT2D eigenvalue weighted by atomic mass is 10.0. The lowest BCUT2D eigenvalue weighted by molar-refractivity contribution is -0.141. The summed E-state index contributed by atoms with van der Waals surface area (Å²) in [5.41, 5.74) is 11.0. The molecular weight excluding hydrogens is 535 g/mol. The van der Waals surface area contributed by atoms with Crippen molar-refractivity contribution in [3.63, 3.8) is 0 Å². The van der Waals surface area contributed by atoms with E-state index < -0.39 is 42.4 Å². The number of carbonyl (C=O) groups is 4. The van der Waals surface area contributed by atoms with Crippen molar-refractivity contribution in [2.45, 2.75) is 57.7 Å². The molecule has 0 bridgehead atoms. The van der Waals surface area contributed by atoms with Gasteiger partial charge in [-0.15, -0.1) is 0 Å². The van der Waals surface area contributed by atoms with E-state index in [1.807, 2.05) is 13.8 Å². The Hall–Kier alpha value is -3.02. The van der Waals surface area contributed by atoms with E-state index >= 15 is 0 Å². The van der Waals surface area contributed by atoms with Gasteiger partial charge in [-0.1, -0.05) is 29.8 Å². The summed E-state index contributed by atoms with van der Waals surface area (Å²) in [6.45, 7) is 2.96. The van der Waals surface area contributed by atoms with E-state index in [-0.39, 0.29) is 30.8 Å². The first-order valence-corrected chi connectivity index (χ1v) is 12.7. The number of Topliss-reactive ketones (excluding diaryl/α,β-unsaturated/α-hetero) is 1. The summed E-state index contributed by atoms with van der Waals surface area (Å²) < 4.78 is 13.9. The maximum atomic E-state index is 13.4. The average Bonchev–Trinajstić information content (AvgIpc) is 3.33. The number of nitrogens with one attached hydrogen (secondary N) is 2. The molecule has 1 aromatic rings. The lowest BCUT2D eigenvalue weighted by Gasteiger charge is -2.31. The number of nitrogens with zero attached hydrogens (tertiary/aromatic N) is 2. The number of nitrogens with two attached hydrogens (primary N) is 2. The second-order valence-corrected chi connectivity index (χ2v) is 9.92. The van der Waals surface area contributed by atoms with Crippen molar-refractivity contribution in [2.75, 3.05) is 19.8 Å². The molecule has 10 nitrogen and oxygen atoms in total. The number of hydrogen-bond acceptors (Lipinski definition) is 5. The van der Waals surface area contributed by atoms with Crippen LogP contribution in [-0.4, -0.2) is 72.3 Å². The Labute approximate surface area is 218 Å². The van der Waals surface area contributed by atoms with Gasteiger partial charge in [-0.05, 0) is 55.9 Å². The predicted molar refractivity (Wildman–Crippen MR) is 138 cm³/mol. The van der Waals surface area contributed by atoms with Crippen LogP contribution in [0.2, 0.25) is 0 Å². The number of benzene rings is 1. The van der Waals surface area contributed by atoms with Crippen molar-refractivity contribution >= 4 is 45.4 Å². The largest absolute Gasteiger partial charge is 0.370 e. The molecule has 2 rings (SSSR count). The van der Waals surface area contributed by atoms with E-state index in [9.17, 15) is 23.6 Å². The molecule has 198 valence electrons. The highest BCUT2D eigenvalue weighted by Gasteiger charge is 2.39. The number of aliphatic imine (C=N–C) groups is 1. The molecule has 1 aliphatic rings. The fourth-order valence-electron chi connectivity index (χ4n) is 4.00. The molecule has 3 amide bonds. The number of rotatable bonds is 12. The molecule has 0 aliphatic carbocycles. The third kappa shape index (κ3) is 8.28. The van der Waals surface area contributed by atoms with Gasteiger partial charge in [-0.3, -0.25) is 24.2 Å². The normalized spacial score (nSPS) is 16.8. The van der Waals surface area contributed by atoms with E-state index in [2.05, 4.69) is 31.6 Å². The van der Waals surface area contributed by atoms with E-state index in [1.54, 1.807) is 24.3 Å². The molecule has 1 saturated heterocycles. The zero-order valence-corrected chi connectivity index (χ0v) is 22.1. The fraction of sp³-hybridized carbons (Fsp3) is 0.542. The van der Waals surface area contributed by atoms with Gasteiger partial charge in [0, 0.05) is 23.1 Å². The van der Waals surface area contributed by atoms with Crippen LogP contribution in [0.4, 0.5) is 4.39 Å². The molecular formula is C24H34BrFN6O4. The van der Waals surface area contributed by atoms with Crippen LogP contribution in [0.25, 0.3) is 0 Å². The third-order valence-electron chi connectivity index (χ3n) is 5.95. The summed E-state index contributed by atoms with van der Waals surface area (Å²) in [5, 5.41) is 5.38. The number of hydrogen-bond donors (Lipinski definition) is 4. The second-order valence-electron chi connectivity index (χ2n) is 9.00. The van der Waals surface area contributed by atoms with Crippen LogP contribution in [0.5, 0.6) is 0 Å². The molecule has 0 radical (unpaired) electrons. The van der Waals surface area contributed by atoms with Gasteiger partial charge in [0.1, 0.15) is 18.8 Å². The highest BCUT2D eigenvalue weighted by Crippen LogP contribution is 2.21. The van der Waals surface area contributed by atoms with Gasteiger partial charge < -0.3 is 27.0 Å². The summed E-state index contributed by atoms with van der Waals surface area (Å²) >= 11 is 3.32. The molecule has 0 aromatic heterocycles. The quantitative estimate of drug-likeness (QED) is 0.169. The number of guanidine groups is 1. The summed E-state index contributed by atoms with van der Waals surface area (Å²) in [6, 6.07) is 4.02. The van der Waals surface area contributed by atoms with Crippen LogP contribution in [0.1, 0.15) is 49.9 Å². The van der Waals surface area contributed by atoms with Crippen LogP contribution in [0.3, 0.4) is 0 Å². The Bertz CT molecular complexity index is 968. The predicted octanol–water partition coefficient (Wildman–Crippen LogP) is 1.27. The smallest absolute Gasteiger partial charge is 0.251 e. The van der Waals surface area contributed by atoms with Crippen molar-refractivity contribution in [1.29, 1.82) is 0 Å². The van der Waals surface area contributed by atoms with Crippen molar-refractivity contribution in [3.05, 3.63) is 34.3 Å². The molecule has 3 atom stereocenters. The Morgan fingerprint density at radius 3 is 2.42 bits per heavy atom. The van der Waals surface area contributed by atoms with E-state index in [1.165, 1.54) is 4.90 Å². The van der Waals surface area contributed by atoms with Crippen LogP contribution >= 0.6 is 15.9 Å². The van der Waals surface area contributed by atoms with Crippen LogP contribution < -0.4 is 22.1 Å². The first-order valence-electron chi connectivity index (χ1n) is 11.9. The zero-order chi connectivity index (χ0) is 26.8. The third-order valence-corrected chi connectivity index (χ3v) is 6.48. The number of alkyl halides is 1. The Balaban J connectivity index is 2.09. The van der Waals surface area contributed by atoms with E-state index in [0.717, 1.165) is 4.47 Å². The van der Waals surface area contributed by atoms with Gasteiger partial charge in [-0.25, -0.2) is 4.39 Å². The number of ketones is 1. The Morgan fingerprint density at radius 1 is 1.17 bits per heavy atom. The molecule has 1 aromatic carbocycles. The lowest BCUT2D eigenvalue weighted by Crippen LogP contribution is -2.56. The topological polar surface area (TPSA) is 160 Å². The van der Waals surface area contributed by atoms with E-state index in [4.69, 9.17) is 11.5 Å². The first kappa shape index (κ1) is 29.2. The van der Waals surface area contributed by atoms with Gasteiger partial charge in [0.15, 0.2) is 11.7 Å². The maximum Gasteiger partial charge on any atom is 0.251 e. The number of amides is 3. The molecule has 0 saturated carbocycles. The zero-order valence-electron chi connectivity index (χ0n) is 20.5. The van der Waals surface area contributed by atoms with Crippen molar-refractivity contribution < 1.29 is 23.6 Å². The Morgan fingerprint density at radius 2 is 1.83 bits per heavy atom. The first-order chi connectivity index (χ1) is 17.0. The standard InChI is InChI=1S/C24H34BrFN6O4/c1-14(2)20(31-21(34)15-7-9-16(25)10-8-15)23(36)32-12-4-6-18(32)22(35)30-17(19(33)13-26)5-3-11-29-24(27)28/h7-10,14,17-18,20H,3-6,11-13H2,1-2H3,(H,30,35)(H,31,34)(H4,27,28,29). The minimum atomic E-state index is -1.22. The van der Waals surface area contributed by atoms with Crippen LogP contribution in [0.15, 0.2) is 33.7 Å². The highest BCUT2D eigenvalue weighted by molar-refractivity contribution is 9.10.